The molecule has 0 aliphatic carbocycles. The fourth-order valence-corrected chi connectivity index (χ4v) is 2.22. The number of carbonyl (C=O) groups is 1. The summed E-state index contributed by atoms with van der Waals surface area (Å²) in [6.45, 7) is 1.21. The minimum atomic E-state index is -0.330. The average molecular weight is 313 g/mol. The number of rotatable bonds is 4. The molecular formula is C18H16FNO3. The number of amides is 1. The third-order valence-corrected chi connectivity index (χ3v) is 3.40. The van der Waals surface area contributed by atoms with Crippen LogP contribution >= 0.6 is 0 Å². The molecule has 1 aliphatic rings. The number of benzene rings is 2. The molecule has 1 N–H and O–H groups in total. The van der Waals surface area contributed by atoms with E-state index in [1.165, 1.54) is 12.1 Å². The van der Waals surface area contributed by atoms with Crippen LogP contribution in [0, 0.1) is 5.82 Å². The summed E-state index contributed by atoms with van der Waals surface area (Å²) in [5, 5.41) is 2.65. The highest BCUT2D eigenvalue weighted by molar-refractivity contribution is 5.91. The Morgan fingerprint density at radius 3 is 2.74 bits per heavy atom. The van der Waals surface area contributed by atoms with Gasteiger partial charge in [0.25, 0.3) is 0 Å². The van der Waals surface area contributed by atoms with Gasteiger partial charge >= 0.3 is 0 Å². The first-order valence-electron chi connectivity index (χ1n) is 7.31. The normalized spacial score (nSPS) is 13.1. The monoisotopic (exact) mass is 313 g/mol. The molecule has 0 fully saturated rings. The van der Waals surface area contributed by atoms with Crippen LogP contribution in [0.3, 0.4) is 0 Å². The molecule has 118 valence electrons. The SMILES string of the molecule is O=C(/C=C/c1ccc2c(c1)OCCO2)NCc1ccccc1F. The van der Waals surface area contributed by atoms with Gasteiger partial charge in [-0.15, -0.1) is 0 Å². The lowest BCUT2D eigenvalue weighted by Gasteiger charge is -2.18. The number of halogens is 1. The van der Waals surface area contributed by atoms with E-state index in [-0.39, 0.29) is 18.3 Å². The Balaban J connectivity index is 1.59. The first-order chi connectivity index (χ1) is 11.2. The van der Waals surface area contributed by atoms with Crippen LogP contribution in [0.2, 0.25) is 0 Å². The van der Waals surface area contributed by atoms with Crippen molar-refractivity contribution in [1.82, 2.24) is 5.32 Å². The van der Waals surface area contributed by atoms with Gasteiger partial charge in [-0.1, -0.05) is 24.3 Å². The quantitative estimate of drug-likeness (QED) is 0.883. The standard InChI is InChI=1S/C18H16FNO3/c19-15-4-2-1-3-14(15)12-20-18(21)8-6-13-5-7-16-17(11-13)23-10-9-22-16/h1-8,11H,9-10,12H2,(H,20,21)/b8-6+. The van der Waals surface area contributed by atoms with Crippen molar-refractivity contribution in [3.63, 3.8) is 0 Å². The van der Waals surface area contributed by atoms with Crippen molar-refractivity contribution in [3.05, 3.63) is 65.5 Å². The lowest BCUT2D eigenvalue weighted by Crippen LogP contribution is -2.20. The Bertz CT molecular complexity index is 743. The predicted molar refractivity (Wildman–Crippen MR) is 84.7 cm³/mol. The van der Waals surface area contributed by atoms with Gasteiger partial charge in [-0.05, 0) is 29.8 Å². The van der Waals surface area contributed by atoms with Crippen molar-refractivity contribution >= 4 is 12.0 Å². The van der Waals surface area contributed by atoms with Gasteiger partial charge in [0.1, 0.15) is 19.0 Å². The molecule has 1 amide bonds. The maximum absolute atomic E-state index is 13.5. The van der Waals surface area contributed by atoms with Gasteiger partial charge in [0.2, 0.25) is 5.91 Å². The molecule has 5 heteroatoms. The molecule has 0 aromatic heterocycles. The summed E-state index contributed by atoms with van der Waals surface area (Å²) in [7, 11) is 0. The molecule has 0 radical (unpaired) electrons. The molecule has 0 spiro atoms. The summed E-state index contributed by atoms with van der Waals surface area (Å²) in [6, 6.07) is 11.8. The van der Waals surface area contributed by atoms with E-state index in [9.17, 15) is 9.18 Å². The van der Waals surface area contributed by atoms with Crippen LogP contribution in [-0.2, 0) is 11.3 Å². The molecule has 0 atom stereocenters. The molecule has 4 nitrogen and oxygen atoms in total. The number of hydrogen-bond donors (Lipinski definition) is 1. The first kappa shape index (κ1) is 15.1. The van der Waals surface area contributed by atoms with E-state index < -0.39 is 0 Å². The topological polar surface area (TPSA) is 47.6 Å². The van der Waals surface area contributed by atoms with Crippen LogP contribution in [0.5, 0.6) is 11.5 Å². The van der Waals surface area contributed by atoms with Crippen molar-refractivity contribution in [2.75, 3.05) is 13.2 Å². The number of fused-ring (bicyclic) bond motifs is 1. The molecule has 23 heavy (non-hydrogen) atoms. The Labute approximate surface area is 133 Å². The first-order valence-corrected chi connectivity index (χ1v) is 7.31. The lowest BCUT2D eigenvalue weighted by atomic mass is 10.1. The fraction of sp³-hybridized carbons (Fsp3) is 0.167. The Morgan fingerprint density at radius 2 is 1.91 bits per heavy atom. The lowest BCUT2D eigenvalue weighted by molar-refractivity contribution is -0.116. The average Bonchev–Trinajstić information content (AvgIpc) is 2.59. The molecule has 1 aliphatic heterocycles. The van der Waals surface area contributed by atoms with Gasteiger partial charge in [-0.25, -0.2) is 4.39 Å². The predicted octanol–water partition coefficient (Wildman–Crippen LogP) is 2.93. The summed E-state index contributed by atoms with van der Waals surface area (Å²) in [6.07, 6.45) is 3.08. The van der Waals surface area contributed by atoms with E-state index in [0.717, 1.165) is 5.56 Å². The maximum atomic E-state index is 13.5. The van der Waals surface area contributed by atoms with Gasteiger partial charge < -0.3 is 14.8 Å². The zero-order chi connectivity index (χ0) is 16.1. The molecular weight excluding hydrogens is 297 g/mol. The largest absolute Gasteiger partial charge is 0.486 e. The number of nitrogens with one attached hydrogen (secondary N) is 1. The van der Waals surface area contributed by atoms with Gasteiger partial charge in [0.15, 0.2) is 11.5 Å². The van der Waals surface area contributed by atoms with E-state index in [0.29, 0.717) is 30.3 Å². The minimum Gasteiger partial charge on any atom is -0.486 e. The second kappa shape index (κ2) is 6.96. The van der Waals surface area contributed by atoms with E-state index in [1.807, 2.05) is 18.2 Å². The summed E-state index contributed by atoms with van der Waals surface area (Å²) < 4.78 is 24.4. The van der Waals surface area contributed by atoms with Crippen LogP contribution in [0.1, 0.15) is 11.1 Å². The van der Waals surface area contributed by atoms with Crippen molar-refractivity contribution in [1.29, 1.82) is 0 Å². The van der Waals surface area contributed by atoms with Gasteiger partial charge in [0.05, 0.1) is 0 Å². The Morgan fingerprint density at radius 1 is 1.13 bits per heavy atom. The second-order valence-corrected chi connectivity index (χ2v) is 5.05. The molecule has 2 aromatic rings. The van der Waals surface area contributed by atoms with Crippen LogP contribution in [0.25, 0.3) is 6.08 Å². The van der Waals surface area contributed by atoms with Crippen LogP contribution < -0.4 is 14.8 Å². The third kappa shape index (κ3) is 3.88. The molecule has 0 saturated heterocycles. The third-order valence-electron chi connectivity index (χ3n) is 3.40. The van der Waals surface area contributed by atoms with E-state index in [2.05, 4.69) is 5.32 Å². The highest BCUT2D eigenvalue weighted by Crippen LogP contribution is 2.31. The maximum Gasteiger partial charge on any atom is 0.244 e. The minimum absolute atomic E-state index is 0.150. The zero-order valence-corrected chi connectivity index (χ0v) is 12.4. The van der Waals surface area contributed by atoms with Crippen molar-refractivity contribution < 1.29 is 18.7 Å². The van der Waals surface area contributed by atoms with Crippen molar-refractivity contribution in [3.8, 4) is 11.5 Å². The van der Waals surface area contributed by atoms with E-state index >= 15 is 0 Å². The molecule has 0 bridgehead atoms. The molecule has 0 saturated carbocycles. The number of hydrogen-bond acceptors (Lipinski definition) is 3. The highest BCUT2D eigenvalue weighted by Gasteiger charge is 2.10. The van der Waals surface area contributed by atoms with E-state index in [4.69, 9.17) is 9.47 Å². The van der Waals surface area contributed by atoms with Crippen LogP contribution in [-0.4, -0.2) is 19.1 Å². The summed E-state index contributed by atoms with van der Waals surface area (Å²) >= 11 is 0. The van der Waals surface area contributed by atoms with Gasteiger partial charge in [-0.2, -0.15) is 0 Å². The number of carbonyl (C=O) groups excluding carboxylic acids is 1. The van der Waals surface area contributed by atoms with Crippen LogP contribution in [0.4, 0.5) is 4.39 Å². The molecule has 3 rings (SSSR count). The summed E-state index contributed by atoms with van der Waals surface area (Å²) in [5.74, 6) is 0.759. The van der Waals surface area contributed by atoms with Gasteiger partial charge in [0, 0.05) is 18.2 Å². The molecule has 2 aromatic carbocycles. The Kier molecular flexibility index (Phi) is 4.57. The van der Waals surface area contributed by atoms with Crippen molar-refractivity contribution in [2.24, 2.45) is 0 Å². The van der Waals surface area contributed by atoms with E-state index in [1.54, 1.807) is 24.3 Å². The highest BCUT2D eigenvalue weighted by atomic mass is 19.1. The second-order valence-electron chi connectivity index (χ2n) is 5.05. The molecule has 1 heterocycles. The molecule has 0 unspecified atom stereocenters. The number of ether oxygens (including phenoxy) is 2. The smallest absolute Gasteiger partial charge is 0.244 e. The Hall–Kier alpha value is -2.82. The van der Waals surface area contributed by atoms with Crippen LogP contribution in [0.15, 0.2) is 48.5 Å². The summed E-state index contributed by atoms with van der Waals surface area (Å²) in [5.41, 5.74) is 1.28. The zero-order valence-electron chi connectivity index (χ0n) is 12.4. The fourth-order valence-electron chi connectivity index (χ4n) is 2.22. The van der Waals surface area contributed by atoms with Gasteiger partial charge in [-0.3, -0.25) is 4.79 Å². The van der Waals surface area contributed by atoms with Crippen molar-refractivity contribution in [2.45, 2.75) is 6.54 Å². The summed E-state index contributed by atoms with van der Waals surface area (Å²) in [4.78, 5) is 11.8.